The van der Waals surface area contributed by atoms with Crippen molar-refractivity contribution in [3.05, 3.63) is 254 Å². The van der Waals surface area contributed by atoms with Gasteiger partial charge in [0.25, 0.3) is 0 Å². The summed E-state index contributed by atoms with van der Waals surface area (Å²) in [6.45, 7) is 0. The molecule has 0 aliphatic heterocycles. The lowest BCUT2D eigenvalue weighted by Crippen LogP contribution is -2.10. The third-order valence-electron chi connectivity index (χ3n) is 12.7. The molecule has 12 rings (SSSR count). The molecule has 0 saturated carbocycles. The van der Waals surface area contributed by atoms with Crippen LogP contribution in [-0.4, -0.2) is 0 Å². The van der Waals surface area contributed by atoms with Gasteiger partial charge in [0.15, 0.2) is 0 Å². The van der Waals surface area contributed by atoms with Crippen LogP contribution in [0.2, 0.25) is 0 Å². The summed E-state index contributed by atoms with van der Waals surface area (Å²) in [5, 5.41) is 10.0. The molecule has 3 nitrogen and oxygen atoms in total. The van der Waals surface area contributed by atoms with Crippen molar-refractivity contribution in [1.29, 1.82) is 0 Å². The molecule has 0 bridgehead atoms. The van der Waals surface area contributed by atoms with Crippen LogP contribution in [0.3, 0.4) is 0 Å². The molecule has 1 aliphatic carbocycles. The third-order valence-corrected chi connectivity index (χ3v) is 12.7. The van der Waals surface area contributed by atoms with Gasteiger partial charge in [0.05, 0.1) is 0 Å². The molecule has 11 aromatic rings. The highest BCUT2D eigenvalue weighted by Crippen LogP contribution is 2.49. The summed E-state index contributed by atoms with van der Waals surface area (Å²) in [5.41, 5.74) is 12.7. The normalized spacial score (nSPS) is 11.9. The first-order valence-electron chi connectivity index (χ1n) is 22.1. The third kappa shape index (κ3) is 6.37. The zero-order chi connectivity index (χ0) is 42.4. The van der Waals surface area contributed by atoms with Crippen molar-refractivity contribution in [3.8, 4) is 0 Å². The van der Waals surface area contributed by atoms with E-state index in [1.54, 1.807) is 0 Å². The maximum atomic E-state index is 2.44. The Balaban J connectivity index is 1.21. The average molecular weight is 818 g/mol. The van der Waals surface area contributed by atoms with Gasteiger partial charge in [-0.25, -0.2) is 0 Å². The molecule has 1 aliphatic rings. The highest BCUT2D eigenvalue weighted by molar-refractivity contribution is 6.34. The highest BCUT2D eigenvalue weighted by atomic mass is 15.2. The Bertz CT molecular complexity index is 3380. The van der Waals surface area contributed by atoms with E-state index in [1.165, 1.54) is 54.2 Å². The molecular weight excluding hydrogens is 775 g/mol. The van der Waals surface area contributed by atoms with E-state index in [2.05, 4.69) is 263 Å². The first-order chi connectivity index (χ1) is 31.8. The van der Waals surface area contributed by atoms with Gasteiger partial charge in [-0.1, -0.05) is 140 Å². The smallest absolute Gasteiger partial charge is 0.0468 e. The monoisotopic (exact) mass is 817 g/mol. The molecule has 0 heterocycles. The summed E-state index contributed by atoms with van der Waals surface area (Å²) in [6.07, 6.45) is 5.57. The lowest BCUT2D eigenvalue weighted by Gasteiger charge is -2.28. The Morgan fingerprint density at radius 1 is 0.250 bits per heavy atom. The lowest BCUT2D eigenvalue weighted by molar-refractivity contribution is 1.29. The standard InChI is InChI=1S/C61H43N3/c1-7-20-43(21-8-1)62(44-22-9-2-10-23-44)49-35-38-54-55-39-36-51(64(47-28-15-5-16-29-47)48-30-17-6-18-31-48)42-59(55)61-58-41-50(63(45-24-11-3-12-25-45)46-26-13-4-14-27-46)34-37-53(58)52-32-19-33-56(52)60(61)57(54)40-49/h1-32,34-42H,33H2. The van der Waals surface area contributed by atoms with E-state index in [0.29, 0.717) is 0 Å². The van der Waals surface area contributed by atoms with Gasteiger partial charge in [-0.05, 0) is 170 Å². The van der Waals surface area contributed by atoms with E-state index in [1.807, 2.05) is 0 Å². The second-order valence-electron chi connectivity index (χ2n) is 16.5. The number of allylic oxidation sites excluding steroid dienone is 1. The number of rotatable bonds is 9. The topological polar surface area (TPSA) is 9.72 Å². The molecule has 64 heavy (non-hydrogen) atoms. The Morgan fingerprint density at radius 2 is 0.547 bits per heavy atom. The van der Waals surface area contributed by atoms with E-state index in [4.69, 9.17) is 0 Å². The summed E-state index contributed by atoms with van der Waals surface area (Å²) in [4.78, 5) is 7.14. The first kappa shape index (κ1) is 37.4. The highest BCUT2D eigenvalue weighted by Gasteiger charge is 2.24. The van der Waals surface area contributed by atoms with Crippen LogP contribution in [0.15, 0.2) is 243 Å². The molecule has 0 spiro atoms. The molecule has 3 heteroatoms. The summed E-state index contributed by atoms with van der Waals surface area (Å²) in [5.74, 6) is 0. The van der Waals surface area contributed by atoms with E-state index in [-0.39, 0.29) is 0 Å². The predicted molar refractivity (Wildman–Crippen MR) is 273 cm³/mol. The average Bonchev–Trinajstić information content (AvgIpc) is 3.87. The second kappa shape index (κ2) is 15.8. The van der Waals surface area contributed by atoms with Gasteiger partial charge in [0.1, 0.15) is 0 Å². The minimum Gasteiger partial charge on any atom is -0.310 e. The molecule has 0 aromatic heterocycles. The van der Waals surface area contributed by atoms with Gasteiger partial charge in [0.2, 0.25) is 0 Å². The summed E-state index contributed by atoms with van der Waals surface area (Å²) >= 11 is 0. The summed E-state index contributed by atoms with van der Waals surface area (Å²) < 4.78 is 0. The summed E-state index contributed by atoms with van der Waals surface area (Å²) in [6, 6.07) is 85.7. The molecule has 0 fully saturated rings. The van der Waals surface area contributed by atoms with Gasteiger partial charge in [0, 0.05) is 51.2 Å². The molecule has 0 unspecified atom stereocenters. The van der Waals surface area contributed by atoms with Crippen molar-refractivity contribution in [2.45, 2.75) is 6.42 Å². The van der Waals surface area contributed by atoms with Gasteiger partial charge in [-0.15, -0.1) is 0 Å². The number of nitrogens with zero attached hydrogens (tertiary/aromatic N) is 3. The number of para-hydroxylation sites is 6. The number of hydrogen-bond acceptors (Lipinski definition) is 3. The van der Waals surface area contributed by atoms with Crippen molar-refractivity contribution in [3.63, 3.8) is 0 Å². The van der Waals surface area contributed by atoms with Crippen molar-refractivity contribution >= 4 is 100 Å². The predicted octanol–water partition coefficient (Wildman–Crippen LogP) is 17.3. The Hall–Kier alpha value is -8.40. The second-order valence-corrected chi connectivity index (χ2v) is 16.5. The number of benzene rings is 11. The van der Waals surface area contributed by atoms with Crippen LogP contribution in [0.4, 0.5) is 51.2 Å². The fourth-order valence-corrected chi connectivity index (χ4v) is 10.00. The van der Waals surface area contributed by atoms with Crippen LogP contribution < -0.4 is 14.7 Å². The van der Waals surface area contributed by atoms with Crippen molar-refractivity contribution in [2.75, 3.05) is 14.7 Å². The van der Waals surface area contributed by atoms with Crippen LogP contribution >= 0.6 is 0 Å². The Morgan fingerprint density at radius 3 is 0.891 bits per heavy atom. The van der Waals surface area contributed by atoms with Gasteiger partial charge >= 0.3 is 0 Å². The largest absolute Gasteiger partial charge is 0.310 e. The fraction of sp³-hybridized carbons (Fsp3) is 0.0164. The van der Waals surface area contributed by atoms with Crippen LogP contribution in [0.1, 0.15) is 11.1 Å². The van der Waals surface area contributed by atoms with Gasteiger partial charge in [-0.3, -0.25) is 0 Å². The van der Waals surface area contributed by atoms with Crippen molar-refractivity contribution < 1.29 is 0 Å². The number of fused-ring (bicyclic) bond motifs is 11. The first-order valence-corrected chi connectivity index (χ1v) is 22.1. The minimum absolute atomic E-state index is 0.870. The zero-order valence-electron chi connectivity index (χ0n) is 35.2. The number of hydrogen-bond donors (Lipinski definition) is 0. The minimum atomic E-state index is 0.870. The van der Waals surface area contributed by atoms with Gasteiger partial charge in [-0.2, -0.15) is 0 Å². The van der Waals surface area contributed by atoms with E-state index in [9.17, 15) is 0 Å². The van der Waals surface area contributed by atoms with Gasteiger partial charge < -0.3 is 14.7 Å². The van der Waals surface area contributed by atoms with E-state index < -0.39 is 0 Å². The van der Waals surface area contributed by atoms with Crippen LogP contribution in [0, 0.1) is 0 Å². The van der Waals surface area contributed by atoms with Crippen LogP contribution in [0.5, 0.6) is 0 Å². The molecule has 0 N–H and O–H groups in total. The zero-order valence-corrected chi connectivity index (χ0v) is 35.2. The maximum Gasteiger partial charge on any atom is 0.0468 e. The summed E-state index contributed by atoms with van der Waals surface area (Å²) in [7, 11) is 0. The van der Waals surface area contributed by atoms with E-state index in [0.717, 1.165) is 57.6 Å². The van der Waals surface area contributed by atoms with E-state index >= 15 is 0 Å². The molecule has 0 amide bonds. The Kier molecular flexibility index (Phi) is 9.23. The molecule has 0 saturated heterocycles. The van der Waals surface area contributed by atoms with Crippen molar-refractivity contribution in [1.82, 2.24) is 0 Å². The van der Waals surface area contributed by atoms with Crippen LogP contribution in [0.25, 0.3) is 49.2 Å². The molecule has 0 atom stereocenters. The quantitative estimate of drug-likeness (QED) is 0.134. The number of anilines is 9. The lowest BCUT2D eigenvalue weighted by atomic mass is 9.85. The molecule has 302 valence electrons. The van der Waals surface area contributed by atoms with Crippen LogP contribution in [-0.2, 0) is 6.42 Å². The SMILES string of the molecule is C1=Cc2c(c3c4cc(N(c5ccccc5)c5ccccc5)ccc4c4ccc(N(c5ccccc5)c5ccccc5)cc4c3c3cc(N(c4ccccc4)c4ccccc4)ccc23)C1. The molecule has 11 aromatic carbocycles. The Labute approximate surface area is 373 Å². The van der Waals surface area contributed by atoms with Crippen molar-refractivity contribution in [2.24, 2.45) is 0 Å². The fourth-order valence-electron chi connectivity index (χ4n) is 10.00. The molecular formula is C61H43N3. The molecule has 0 radical (unpaired) electrons. The maximum absolute atomic E-state index is 2.44.